The first-order valence-electron chi connectivity index (χ1n) is 4.72. The first-order chi connectivity index (χ1) is 7.54. The molecule has 0 spiro atoms. The van der Waals surface area contributed by atoms with Crippen molar-refractivity contribution in [3.05, 3.63) is 0 Å². The maximum atomic E-state index is 9.43. The molecule has 6 nitrogen and oxygen atoms in total. The Balaban J connectivity index is -0.0000000704. The second-order valence-corrected chi connectivity index (χ2v) is 1.46. The average molecular weight is 230 g/mol. The Labute approximate surface area is 95.7 Å². The molecule has 16 heavy (non-hydrogen) atoms. The third-order valence-corrected chi connectivity index (χ3v) is 0.461. The Bertz CT molecular complexity index is 214. The second-order valence-electron chi connectivity index (χ2n) is 1.46. The molecule has 0 atom stereocenters. The summed E-state index contributed by atoms with van der Waals surface area (Å²) in [4.78, 5) is 18.9. The molecule has 0 unspecified atom stereocenters. The molecule has 0 amide bonds. The van der Waals surface area contributed by atoms with E-state index in [4.69, 9.17) is 20.7 Å². The molecular weight excluding hydrogens is 212 g/mol. The fraction of sp³-hybridized carbons (Fsp3) is 0.600. The molecule has 0 aliphatic carbocycles. The fourth-order valence-corrected chi connectivity index (χ4v) is 0.165. The monoisotopic (exact) mass is 230 g/mol. The lowest BCUT2D eigenvalue weighted by Crippen LogP contribution is -2.03. The lowest BCUT2D eigenvalue weighted by atomic mass is 10.5. The van der Waals surface area contributed by atoms with Crippen LogP contribution < -0.4 is 0 Å². The van der Waals surface area contributed by atoms with Crippen LogP contribution in [-0.4, -0.2) is 22.2 Å². The van der Waals surface area contributed by atoms with Crippen molar-refractivity contribution in [2.75, 3.05) is 0 Å². The normalized spacial score (nSPS) is 5.62. The number of hydrogen-bond donors (Lipinski definition) is 2. The topological polar surface area (TPSA) is 122 Å². The molecule has 0 heterocycles. The molecule has 0 aromatic rings. The van der Waals surface area contributed by atoms with E-state index in [1.54, 1.807) is 12.1 Å². The van der Waals surface area contributed by atoms with Gasteiger partial charge in [-0.05, 0) is 0 Å². The highest BCUT2D eigenvalue weighted by Crippen LogP contribution is 1.74. The van der Waals surface area contributed by atoms with Crippen LogP contribution >= 0.6 is 0 Å². The van der Waals surface area contributed by atoms with Crippen molar-refractivity contribution in [2.24, 2.45) is 0 Å². The van der Waals surface area contributed by atoms with Gasteiger partial charge < -0.3 is 10.2 Å². The molecule has 0 rings (SSSR count). The highest BCUT2D eigenvalue weighted by atomic mass is 16.4. The third-order valence-electron chi connectivity index (χ3n) is 0.461. The quantitative estimate of drug-likeness (QED) is 0.699. The summed E-state index contributed by atoms with van der Waals surface area (Å²) in [5.74, 6) is -2.62. The second kappa shape index (κ2) is 29.3. The maximum absolute atomic E-state index is 9.43. The number of nitrogens with zero attached hydrogens (tertiary/aromatic N) is 2. The van der Waals surface area contributed by atoms with Crippen molar-refractivity contribution in [1.82, 2.24) is 0 Å². The van der Waals surface area contributed by atoms with Gasteiger partial charge in [-0.3, -0.25) is 9.59 Å². The molecule has 0 radical (unpaired) electrons. The number of carboxylic acids is 2. The summed E-state index contributed by atoms with van der Waals surface area (Å²) in [5, 5.41) is 30.6. The summed E-state index contributed by atoms with van der Waals surface area (Å²) >= 11 is 0. The summed E-state index contributed by atoms with van der Waals surface area (Å²) in [7, 11) is 0. The highest BCUT2D eigenvalue weighted by molar-refractivity contribution is 5.88. The van der Waals surface area contributed by atoms with E-state index in [1.165, 1.54) is 0 Å². The van der Waals surface area contributed by atoms with Crippen molar-refractivity contribution in [2.45, 2.75) is 40.5 Å². The van der Waals surface area contributed by atoms with Crippen LogP contribution in [0.3, 0.4) is 0 Å². The number of aliphatic carboxylic acids is 2. The summed E-state index contributed by atoms with van der Waals surface area (Å²) in [6.07, 6.45) is -0.806. The van der Waals surface area contributed by atoms with E-state index in [1.807, 2.05) is 27.7 Å². The Morgan fingerprint density at radius 3 is 1.19 bits per heavy atom. The molecule has 0 aliphatic rings. The van der Waals surface area contributed by atoms with Gasteiger partial charge in [-0.25, -0.2) is 0 Å². The molecule has 92 valence electrons. The van der Waals surface area contributed by atoms with Crippen molar-refractivity contribution < 1.29 is 19.8 Å². The molecule has 0 saturated heterocycles. The minimum atomic E-state index is -1.31. The molecule has 0 fully saturated rings. The molecule has 2 N–H and O–H groups in total. The van der Waals surface area contributed by atoms with Crippen molar-refractivity contribution in [3.63, 3.8) is 0 Å². The fourth-order valence-electron chi connectivity index (χ4n) is 0.165. The minimum absolute atomic E-state index is 0. The number of nitriles is 2. The van der Waals surface area contributed by atoms with Gasteiger partial charge in [0.15, 0.2) is 0 Å². The average Bonchev–Trinajstić information content (AvgIpc) is 2.24. The zero-order valence-corrected chi connectivity index (χ0v) is 10.0. The van der Waals surface area contributed by atoms with E-state index in [-0.39, 0.29) is 6.42 Å². The van der Waals surface area contributed by atoms with Crippen LogP contribution in [0.5, 0.6) is 0 Å². The van der Waals surface area contributed by atoms with Crippen LogP contribution in [0.1, 0.15) is 40.5 Å². The zero-order chi connectivity index (χ0) is 14.0. The van der Waals surface area contributed by atoms with Crippen LogP contribution in [0.4, 0.5) is 0 Å². The zero-order valence-electron chi connectivity index (χ0n) is 10.0. The highest BCUT2D eigenvalue weighted by Gasteiger charge is 2.01. The SMILES string of the molecule is CC.CC.N#CCC#N.O=C(O)CC(=O)O. The minimum Gasteiger partial charge on any atom is -0.481 e. The predicted octanol–water partition coefficient (Wildman–Crippen LogP) is 2.02. The van der Waals surface area contributed by atoms with Crippen molar-refractivity contribution in [3.8, 4) is 12.1 Å². The molecule has 0 aliphatic heterocycles. The molecular formula is C10H18N2O4. The van der Waals surface area contributed by atoms with Gasteiger partial charge >= 0.3 is 11.9 Å². The molecule has 0 aromatic carbocycles. The lowest BCUT2D eigenvalue weighted by molar-refractivity contribution is -0.147. The van der Waals surface area contributed by atoms with E-state index in [9.17, 15) is 9.59 Å². The van der Waals surface area contributed by atoms with Crippen LogP contribution in [0.25, 0.3) is 0 Å². The van der Waals surface area contributed by atoms with Crippen molar-refractivity contribution in [1.29, 1.82) is 10.5 Å². The van der Waals surface area contributed by atoms with Gasteiger partial charge in [0.25, 0.3) is 0 Å². The van der Waals surface area contributed by atoms with Gasteiger partial charge in [0.1, 0.15) is 12.8 Å². The molecule has 0 saturated carbocycles. The Hall–Kier alpha value is -2.08. The van der Waals surface area contributed by atoms with Gasteiger partial charge in [0.05, 0.1) is 12.1 Å². The summed E-state index contributed by atoms with van der Waals surface area (Å²) in [6, 6.07) is 3.31. The number of carboxylic acid groups (broad SMARTS) is 2. The molecule has 6 heteroatoms. The summed E-state index contributed by atoms with van der Waals surface area (Å²) < 4.78 is 0. The third kappa shape index (κ3) is 92.5. The van der Waals surface area contributed by atoms with Gasteiger partial charge in [-0.2, -0.15) is 10.5 Å². The predicted molar refractivity (Wildman–Crippen MR) is 58.4 cm³/mol. The largest absolute Gasteiger partial charge is 0.481 e. The van der Waals surface area contributed by atoms with Crippen LogP contribution in [0, 0.1) is 22.7 Å². The Kier molecular flexibility index (Phi) is 43.2. The van der Waals surface area contributed by atoms with Gasteiger partial charge in [0, 0.05) is 0 Å². The smallest absolute Gasteiger partial charge is 0.314 e. The van der Waals surface area contributed by atoms with Crippen LogP contribution in [0.15, 0.2) is 0 Å². The Morgan fingerprint density at radius 1 is 0.938 bits per heavy atom. The number of carbonyl (C=O) groups is 2. The van der Waals surface area contributed by atoms with Gasteiger partial charge in [0.2, 0.25) is 0 Å². The lowest BCUT2D eigenvalue weighted by Gasteiger charge is -1.80. The van der Waals surface area contributed by atoms with E-state index < -0.39 is 18.4 Å². The van der Waals surface area contributed by atoms with E-state index >= 15 is 0 Å². The van der Waals surface area contributed by atoms with E-state index in [2.05, 4.69) is 0 Å². The maximum Gasteiger partial charge on any atom is 0.314 e. The van der Waals surface area contributed by atoms with Crippen molar-refractivity contribution >= 4 is 11.9 Å². The first-order valence-corrected chi connectivity index (χ1v) is 4.72. The van der Waals surface area contributed by atoms with Crippen LogP contribution in [0.2, 0.25) is 0 Å². The summed E-state index contributed by atoms with van der Waals surface area (Å²) in [6.45, 7) is 8.00. The summed E-state index contributed by atoms with van der Waals surface area (Å²) in [5.41, 5.74) is 0. The number of hydrogen-bond acceptors (Lipinski definition) is 4. The van der Waals surface area contributed by atoms with Gasteiger partial charge in [-0.1, -0.05) is 27.7 Å². The Morgan fingerprint density at radius 2 is 1.19 bits per heavy atom. The van der Waals surface area contributed by atoms with Gasteiger partial charge in [-0.15, -0.1) is 0 Å². The van der Waals surface area contributed by atoms with Crippen LogP contribution in [-0.2, 0) is 9.59 Å². The number of rotatable bonds is 2. The molecule has 0 bridgehead atoms. The van der Waals surface area contributed by atoms with E-state index in [0.717, 1.165) is 0 Å². The molecule has 0 aromatic heterocycles. The van der Waals surface area contributed by atoms with E-state index in [0.29, 0.717) is 0 Å². The first kappa shape index (κ1) is 23.6. The standard InChI is InChI=1S/C3H2N2.C3H4O4.2C2H6/c4-2-1-3-5;4-2(5)1-3(6)7;2*1-2/h1H2;1H2,(H,4,5)(H,6,7);2*1-2H3.